The molecule has 1 saturated heterocycles. The van der Waals surface area contributed by atoms with Crippen molar-refractivity contribution >= 4 is 5.91 Å². The van der Waals surface area contributed by atoms with Crippen molar-refractivity contribution in [1.82, 2.24) is 4.90 Å². The van der Waals surface area contributed by atoms with Crippen LogP contribution in [0.4, 0.5) is 4.39 Å². The van der Waals surface area contributed by atoms with Crippen molar-refractivity contribution in [3.05, 3.63) is 71.5 Å². The number of benzene rings is 2. The molecule has 1 aliphatic heterocycles. The van der Waals surface area contributed by atoms with Crippen LogP contribution in [0.2, 0.25) is 0 Å². The fraction of sp³-hybridized carbons (Fsp3) is 0.188. The van der Waals surface area contributed by atoms with Gasteiger partial charge in [0.05, 0.1) is 6.04 Å². The van der Waals surface area contributed by atoms with Crippen molar-refractivity contribution in [1.29, 1.82) is 0 Å². The number of nitrogens with two attached hydrogens (primary N) is 1. The van der Waals surface area contributed by atoms with Gasteiger partial charge < -0.3 is 10.6 Å². The Morgan fingerprint density at radius 1 is 1.05 bits per heavy atom. The van der Waals surface area contributed by atoms with E-state index in [-0.39, 0.29) is 17.8 Å². The Kier molecular flexibility index (Phi) is 3.24. The van der Waals surface area contributed by atoms with Crippen LogP contribution in [0.15, 0.2) is 54.6 Å². The predicted molar refractivity (Wildman–Crippen MR) is 74.1 cm³/mol. The second-order valence-electron chi connectivity index (χ2n) is 4.94. The van der Waals surface area contributed by atoms with E-state index in [0.717, 1.165) is 5.56 Å². The number of carbonyl (C=O) groups is 1. The molecule has 0 bridgehead atoms. The van der Waals surface area contributed by atoms with E-state index < -0.39 is 6.04 Å². The highest BCUT2D eigenvalue weighted by Gasteiger charge is 2.46. The van der Waals surface area contributed by atoms with Gasteiger partial charge in [0.1, 0.15) is 11.9 Å². The molecule has 1 fully saturated rings. The summed E-state index contributed by atoms with van der Waals surface area (Å²) >= 11 is 0. The van der Waals surface area contributed by atoms with Gasteiger partial charge in [0.2, 0.25) is 5.91 Å². The van der Waals surface area contributed by atoms with Crippen LogP contribution in [0.3, 0.4) is 0 Å². The largest absolute Gasteiger partial charge is 0.328 e. The summed E-state index contributed by atoms with van der Waals surface area (Å²) in [5.74, 6) is -0.458. The van der Waals surface area contributed by atoms with E-state index in [1.54, 1.807) is 23.1 Å². The molecule has 2 aromatic rings. The lowest BCUT2D eigenvalue weighted by Crippen LogP contribution is -2.62. The first-order chi connectivity index (χ1) is 9.68. The molecule has 0 aliphatic carbocycles. The summed E-state index contributed by atoms with van der Waals surface area (Å²) in [6.45, 7) is 0.451. The summed E-state index contributed by atoms with van der Waals surface area (Å²) in [7, 11) is 0. The monoisotopic (exact) mass is 270 g/mol. The van der Waals surface area contributed by atoms with Crippen LogP contribution >= 0.6 is 0 Å². The minimum atomic E-state index is -0.657. The molecule has 0 spiro atoms. The normalized spacial score (nSPS) is 21.7. The number of likely N-dealkylation sites (tertiary alicyclic amines) is 1. The lowest BCUT2D eigenvalue weighted by atomic mass is 9.88. The van der Waals surface area contributed by atoms with Gasteiger partial charge >= 0.3 is 0 Å². The number of rotatable bonds is 3. The Hall–Kier alpha value is -2.20. The molecule has 2 atom stereocenters. The zero-order valence-corrected chi connectivity index (χ0v) is 10.9. The fourth-order valence-corrected chi connectivity index (χ4v) is 2.61. The molecule has 0 radical (unpaired) electrons. The van der Waals surface area contributed by atoms with Crippen LogP contribution in [0, 0.1) is 5.82 Å². The third-order valence-electron chi connectivity index (χ3n) is 3.66. The van der Waals surface area contributed by atoms with E-state index in [2.05, 4.69) is 0 Å². The van der Waals surface area contributed by atoms with Gasteiger partial charge in [-0.15, -0.1) is 0 Å². The summed E-state index contributed by atoms with van der Waals surface area (Å²) < 4.78 is 13.9. The first-order valence-electron chi connectivity index (χ1n) is 6.53. The van der Waals surface area contributed by atoms with Crippen LogP contribution < -0.4 is 5.73 Å². The molecule has 3 rings (SSSR count). The molecule has 20 heavy (non-hydrogen) atoms. The molecule has 2 N–H and O–H groups in total. The van der Waals surface area contributed by atoms with Crippen molar-refractivity contribution in [2.45, 2.75) is 18.6 Å². The standard InChI is InChI=1S/C16H15FN2O/c17-13-9-5-4-8-12(13)15-14(18)16(20)19(15)10-11-6-2-1-3-7-11/h1-9,14-15H,10,18H2/t14-,15+/m0/s1. The SMILES string of the molecule is N[C@@H]1C(=O)N(Cc2ccccc2)[C@@H]1c1ccccc1F. The molecule has 3 nitrogen and oxygen atoms in total. The molecule has 1 heterocycles. The molecular weight excluding hydrogens is 255 g/mol. The molecule has 1 aliphatic rings. The van der Waals surface area contributed by atoms with E-state index in [9.17, 15) is 9.18 Å². The van der Waals surface area contributed by atoms with Crippen molar-refractivity contribution in [2.24, 2.45) is 5.73 Å². The first kappa shape index (κ1) is 12.8. The Morgan fingerprint density at radius 3 is 2.40 bits per heavy atom. The Labute approximate surface area is 116 Å². The molecule has 1 amide bonds. The highest BCUT2D eigenvalue weighted by atomic mass is 19.1. The van der Waals surface area contributed by atoms with Gasteiger partial charge in [-0.3, -0.25) is 4.79 Å². The van der Waals surface area contributed by atoms with Crippen molar-refractivity contribution in [2.75, 3.05) is 0 Å². The Bertz CT molecular complexity index is 629. The second kappa shape index (κ2) is 5.06. The quantitative estimate of drug-likeness (QED) is 0.869. The third kappa shape index (κ3) is 2.08. The summed E-state index contributed by atoms with van der Waals surface area (Å²) in [4.78, 5) is 13.6. The zero-order valence-electron chi connectivity index (χ0n) is 10.9. The number of hydrogen-bond acceptors (Lipinski definition) is 2. The maximum absolute atomic E-state index is 13.9. The van der Waals surface area contributed by atoms with E-state index in [4.69, 9.17) is 5.73 Å². The van der Waals surface area contributed by atoms with Crippen LogP contribution in [-0.4, -0.2) is 16.8 Å². The Balaban J connectivity index is 1.87. The predicted octanol–water partition coefficient (Wildman–Crippen LogP) is 2.24. The summed E-state index contributed by atoms with van der Waals surface area (Å²) in [6, 6.07) is 15.1. The molecule has 0 unspecified atom stereocenters. The van der Waals surface area contributed by atoms with Crippen LogP contribution in [-0.2, 0) is 11.3 Å². The number of β-lactam (4-membered cyclic amide) rings is 1. The van der Waals surface area contributed by atoms with Gasteiger partial charge in [-0.1, -0.05) is 48.5 Å². The second-order valence-corrected chi connectivity index (χ2v) is 4.94. The van der Waals surface area contributed by atoms with Crippen LogP contribution in [0.5, 0.6) is 0 Å². The number of nitrogens with zero attached hydrogens (tertiary/aromatic N) is 1. The van der Waals surface area contributed by atoms with Gasteiger partial charge in [0, 0.05) is 12.1 Å². The average Bonchev–Trinajstić information content (AvgIpc) is 2.49. The van der Waals surface area contributed by atoms with Crippen LogP contribution in [0.25, 0.3) is 0 Å². The van der Waals surface area contributed by atoms with Crippen molar-refractivity contribution in [3.63, 3.8) is 0 Å². The molecule has 102 valence electrons. The van der Waals surface area contributed by atoms with Gasteiger partial charge in [-0.05, 0) is 11.6 Å². The summed E-state index contributed by atoms with van der Waals surface area (Å²) in [5, 5.41) is 0. The lowest BCUT2D eigenvalue weighted by molar-refractivity contribution is -0.150. The van der Waals surface area contributed by atoms with E-state index in [1.807, 2.05) is 30.3 Å². The highest BCUT2D eigenvalue weighted by molar-refractivity contribution is 5.89. The van der Waals surface area contributed by atoms with Gasteiger partial charge in [-0.25, -0.2) is 4.39 Å². The van der Waals surface area contributed by atoms with Crippen LogP contribution in [0.1, 0.15) is 17.2 Å². The molecule has 2 aromatic carbocycles. The number of halogens is 1. The average molecular weight is 270 g/mol. The van der Waals surface area contributed by atoms with Gasteiger partial charge in [0.25, 0.3) is 0 Å². The minimum absolute atomic E-state index is 0.137. The highest BCUT2D eigenvalue weighted by Crippen LogP contribution is 2.36. The van der Waals surface area contributed by atoms with Crippen molar-refractivity contribution in [3.8, 4) is 0 Å². The van der Waals surface area contributed by atoms with Crippen molar-refractivity contribution < 1.29 is 9.18 Å². The molecule has 0 saturated carbocycles. The summed E-state index contributed by atoms with van der Waals surface area (Å²) in [6.07, 6.45) is 0. The van der Waals surface area contributed by atoms with E-state index in [0.29, 0.717) is 12.1 Å². The fourth-order valence-electron chi connectivity index (χ4n) is 2.61. The molecule has 4 heteroatoms. The molecule has 0 aromatic heterocycles. The third-order valence-corrected chi connectivity index (χ3v) is 3.66. The number of carbonyl (C=O) groups excluding carboxylic acids is 1. The van der Waals surface area contributed by atoms with E-state index >= 15 is 0 Å². The van der Waals surface area contributed by atoms with Gasteiger partial charge in [0.15, 0.2) is 0 Å². The topological polar surface area (TPSA) is 46.3 Å². The smallest absolute Gasteiger partial charge is 0.242 e. The number of hydrogen-bond donors (Lipinski definition) is 1. The zero-order chi connectivity index (χ0) is 14.1. The maximum Gasteiger partial charge on any atom is 0.242 e. The van der Waals surface area contributed by atoms with E-state index in [1.165, 1.54) is 6.07 Å². The number of amides is 1. The Morgan fingerprint density at radius 2 is 1.70 bits per heavy atom. The summed E-state index contributed by atoms with van der Waals surface area (Å²) in [5.41, 5.74) is 7.34. The first-order valence-corrected chi connectivity index (χ1v) is 6.53. The van der Waals surface area contributed by atoms with Gasteiger partial charge in [-0.2, -0.15) is 0 Å². The minimum Gasteiger partial charge on any atom is -0.328 e. The lowest BCUT2D eigenvalue weighted by Gasteiger charge is -2.45. The molecular formula is C16H15FN2O. The maximum atomic E-state index is 13.9.